The smallest absolute Gasteiger partial charge is 0.119 e. The van der Waals surface area contributed by atoms with Gasteiger partial charge in [0.25, 0.3) is 0 Å². The molecule has 0 fully saturated rings. The van der Waals surface area contributed by atoms with Crippen LogP contribution in [0.2, 0.25) is 0 Å². The lowest BCUT2D eigenvalue weighted by Crippen LogP contribution is -2.38. The van der Waals surface area contributed by atoms with E-state index in [0.29, 0.717) is 6.54 Å². The van der Waals surface area contributed by atoms with Gasteiger partial charge in [0.1, 0.15) is 5.75 Å². The predicted molar refractivity (Wildman–Crippen MR) is 83.2 cm³/mol. The van der Waals surface area contributed by atoms with Gasteiger partial charge in [-0.25, -0.2) is 0 Å². The van der Waals surface area contributed by atoms with Gasteiger partial charge in [0.2, 0.25) is 0 Å². The van der Waals surface area contributed by atoms with E-state index in [9.17, 15) is 5.11 Å². The molecule has 2 aromatic rings. The van der Waals surface area contributed by atoms with E-state index in [-0.39, 0.29) is 5.54 Å². The van der Waals surface area contributed by atoms with Crippen molar-refractivity contribution >= 4 is 10.8 Å². The monoisotopic (exact) mass is 273 g/mol. The number of methoxy groups -OCH3 is 1. The molecule has 0 amide bonds. The van der Waals surface area contributed by atoms with Crippen molar-refractivity contribution in [3.8, 4) is 5.75 Å². The van der Waals surface area contributed by atoms with E-state index in [1.165, 1.54) is 0 Å². The summed E-state index contributed by atoms with van der Waals surface area (Å²) in [5.41, 5.74) is 0.935. The van der Waals surface area contributed by atoms with Crippen LogP contribution < -0.4 is 10.1 Å². The van der Waals surface area contributed by atoms with Crippen molar-refractivity contribution in [3.63, 3.8) is 0 Å². The fraction of sp³-hybridized carbons (Fsp3) is 0.412. The van der Waals surface area contributed by atoms with Crippen LogP contribution in [0.1, 0.15) is 32.4 Å². The van der Waals surface area contributed by atoms with Crippen molar-refractivity contribution < 1.29 is 9.84 Å². The van der Waals surface area contributed by atoms with Crippen LogP contribution in [0.15, 0.2) is 36.4 Å². The van der Waals surface area contributed by atoms with Crippen LogP contribution in [-0.4, -0.2) is 24.3 Å². The molecule has 2 aromatic carbocycles. The highest BCUT2D eigenvalue weighted by molar-refractivity contribution is 5.84. The maximum atomic E-state index is 10.3. The van der Waals surface area contributed by atoms with Gasteiger partial charge in [-0.05, 0) is 55.3 Å². The molecule has 0 spiro atoms. The lowest BCUT2D eigenvalue weighted by Gasteiger charge is -2.23. The zero-order valence-corrected chi connectivity index (χ0v) is 12.6. The number of fused-ring (bicyclic) bond motifs is 1. The number of nitrogens with one attached hydrogen (secondary N) is 1. The minimum absolute atomic E-state index is 0.00515. The van der Waals surface area contributed by atoms with Crippen molar-refractivity contribution in [2.24, 2.45) is 0 Å². The van der Waals surface area contributed by atoms with Crippen LogP contribution in [0, 0.1) is 0 Å². The summed E-state index contributed by atoms with van der Waals surface area (Å²) in [5.74, 6) is 0.847. The maximum absolute atomic E-state index is 10.3. The minimum atomic E-state index is -0.499. The molecule has 0 saturated carbocycles. The summed E-state index contributed by atoms with van der Waals surface area (Å²) in [7, 11) is 1.66. The first-order chi connectivity index (χ1) is 9.39. The van der Waals surface area contributed by atoms with Crippen LogP contribution in [0.25, 0.3) is 10.8 Å². The van der Waals surface area contributed by atoms with Crippen LogP contribution >= 0.6 is 0 Å². The van der Waals surface area contributed by atoms with E-state index in [1.807, 2.05) is 36.4 Å². The molecule has 0 aromatic heterocycles. The summed E-state index contributed by atoms with van der Waals surface area (Å²) in [6.45, 7) is 6.82. The van der Waals surface area contributed by atoms with Gasteiger partial charge in [-0.15, -0.1) is 0 Å². The van der Waals surface area contributed by atoms with E-state index < -0.39 is 6.10 Å². The number of rotatable bonds is 4. The predicted octanol–water partition coefficient (Wildman–Crippen LogP) is 3.27. The summed E-state index contributed by atoms with van der Waals surface area (Å²) in [4.78, 5) is 0. The second-order valence-corrected chi connectivity index (χ2v) is 6.12. The molecule has 20 heavy (non-hydrogen) atoms. The molecule has 0 aliphatic rings. The van der Waals surface area contributed by atoms with E-state index in [4.69, 9.17) is 4.74 Å². The Kier molecular flexibility index (Phi) is 4.31. The van der Waals surface area contributed by atoms with Crippen LogP contribution in [0.5, 0.6) is 5.75 Å². The molecule has 0 bridgehead atoms. The van der Waals surface area contributed by atoms with Crippen LogP contribution in [0.4, 0.5) is 0 Å². The second-order valence-electron chi connectivity index (χ2n) is 6.12. The summed E-state index contributed by atoms with van der Waals surface area (Å²) in [6.07, 6.45) is -0.499. The average Bonchev–Trinajstić information content (AvgIpc) is 2.42. The van der Waals surface area contributed by atoms with Crippen molar-refractivity contribution in [2.75, 3.05) is 13.7 Å². The van der Waals surface area contributed by atoms with Crippen molar-refractivity contribution in [2.45, 2.75) is 32.4 Å². The van der Waals surface area contributed by atoms with Gasteiger partial charge in [-0.2, -0.15) is 0 Å². The Morgan fingerprint density at radius 1 is 1.10 bits per heavy atom. The third kappa shape index (κ3) is 3.71. The number of benzene rings is 2. The Morgan fingerprint density at radius 3 is 2.40 bits per heavy atom. The van der Waals surface area contributed by atoms with Gasteiger partial charge < -0.3 is 15.2 Å². The van der Waals surface area contributed by atoms with E-state index in [1.54, 1.807) is 7.11 Å². The molecule has 3 nitrogen and oxygen atoms in total. The lowest BCUT2D eigenvalue weighted by molar-refractivity contribution is 0.163. The van der Waals surface area contributed by atoms with Crippen molar-refractivity contribution in [3.05, 3.63) is 42.0 Å². The van der Waals surface area contributed by atoms with Gasteiger partial charge in [0.15, 0.2) is 0 Å². The molecule has 0 saturated heterocycles. The first-order valence-corrected chi connectivity index (χ1v) is 6.90. The van der Waals surface area contributed by atoms with Crippen molar-refractivity contribution in [1.29, 1.82) is 0 Å². The molecule has 0 aliphatic heterocycles. The van der Waals surface area contributed by atoms with Gasteiger partial charge >= 0.3 is 0 Å². The summed E-state index contributed by atoms with van der Waals surface area (Å²) >= 11 is 0. The van der Waals surface area contributed by atoms with E-state index in [2.05, 4.69) is 26.1 Å². The number of aliphatic hydroxyl groups is 1. The van der Waals surface area contributed by atoms with Crippen LogP contribution in [-0.2, 0) is 0 Å². The highest BCUT2D eigenvalue weighted by Crippen LogP contribution is 2.24. The molecule has 0 aliphatic carbocycles. The first-order valence-electron chi connectivity index (χ1n) is 6.90. The normalized spacial score (nSPS) is 13.4. The highest BCUT2D eigenvalue weighted by atomic mass is 16.5. The zero-order chi connectivity index (χ0) is 14.8. The maximum Gasteiger partial charge on any atom is 0.119 e. The second kappa shape index (κ2) is 5.81. The number of hydrogen-bond donors (Lipinski definition) is 2. The SMILES string of the molecule is COc1ccc2cc(C(O)CNC(C)(C)C)ccc2c1. The van der Waals surface area contributed by atoms with Gasteiger partial charge in [-0.1, -0.05) is 18.2 Å². The zero-order valence-electron chi connectivity index (χ0n) is 12.6. The Bertz CT molecular complexity index is 587. The molecule has 0 heterocycles. The Hall–Kier alpha value is -1.58. The third-order valence-corrected chi connectivity index (χ3v) is 3.28. The largest absolute Gasteiger partial charge is 0.497 e. The number of ether oxygens (including phenoxy) is 1. The van der Waals surface area contributed by atoms with Crippen LogP contribution in [0.3, 0.4) is 0 Å². The average molecular weight is 273 g/mol. The summed E-state index contributed by atoms with van der Waals surface area (Å²) in [5, 5.41) is 15.8. The van der Waals surface area contributed by atoms with Gasteiger partial charge in [0.05, 0.1) is 13.2 Å². The van der Waals surface area contributed by atoms with Gasteiger partial charge in [0, 0.05) is 12.1 Å². The fourth-order valence-corrected chi connectivity index (χ4v) is 2.10. The number of aliphatic hydroxyl groups excluding tert-OH is 1. The molecule has 1 unspecified atom stereocenters. The number of β-amino-alcohol motifs (C(OH)–C–C–N with tert-alkyl or cyclic N) is 1. The van der Waals surface area contributed by atoms with Gasteiger partial charge in [-0.3, -0.25) is 0 Å². The first kappa shape index (κ1) is 14.8. The summed E-state index contributed by atoms with van der Waals surface area (Å²) in [6, 6.07) is 12.0. The topological polar surface area (TPSA) is 41.5 Å². The van der Waals surface area contributed by atoms with E-state index >= 15 is 0 Å². The molecule has 1 atom stereocenters. The highest BCUT2D eigenvalue weighted by Gasteiger charge is 2.13. The molecule has 2 N–H and O–H groups in total. The fourth-order valence-electron chi connectivity index (χ4n) is 2.10. The molecular formula is C17H23NO2. The standard InChI is InChI=1S/C17H23NO2/c1-17(2,3)18-11-16(19)14-6-5-13-10-15(20-4)8-7-12(13)9-14/h5-10,16,18-19H,11H2,1-4H3. The lowest BCUT2D eigenvalue weighted by atomic mass is 10.0. The molecule has 2 rings (SSSR count). The van der Waals surface area contributed by atoms with E-state index in [0.717, 1.165) is 22.1 Å². The Morgan fingerprint density at radius 2 is 1.75 bits per heavy atom. The molecule has 108 valence electrons. The number of hydrogen-bond acceptors (Lipinski definition) is 3. The molecule has 3 heteroatoms. The molecular weight excluding hydrogens is 250 g/mol. The quantitative estimate of drug-likeness (QED) is 0.898. The summed E-state index contributed by atoms with van der Waals surface area (Å²) < 4.78 is 5.22. The molecule has 0 radical (unpaired) electrons. The third-order valence-electron chi connectivity index (χ3n) is 3.28. The minimum Gasteiger partial charge on any atom is -0.497 e. The van der Waals surface area contributed by atoms with Crippen molar-refractivity contribution in [1.82, 2.24) is 5.32 Å². The Balaban J connectivity index is 2.19. The Labute approximate surface area is 120 Å².